The van der Waals surface area contributed by atoms with Crippen molar-refractivity contribution < 1.29 is 13.6 Å². The number of anilines is 1. The molecule has 1 amide bonds. The quantitative estimate of drug-likeness (QED) is 0.803. The van der Waals surface area contributed by atoms with E-state index in [0.717, 1.165) is 54.5 Å². The number of carbonyl (C=O) groups is 1. The Morgan fingerprint density at radius 3 is 2.56 bits per heavy atom. The number of hydrogen-bond donors (Lipinski definition) is 1. The summed E-state index contributed by atoms with van der Waals surface area (Å²) in [5.41, 5.74) is 7.32. The number of nitrogens with zero attached hydrogens (tertiary/aromatic N) is 1. The van der Waals surface area contributed by atoms with Crippen molar-refractivity contribution in [1.82, 2.24) is 0 Å². The molecule has 2 atom stereocenters. The average molecular weight is 388 g/mol. The summed E-state index contributed by atoms with van der Waals surface area (Å²) in [6, 6.07) is 10.1. The largest absolute Gasteiger partial charge is 0.319 e. The molecule has 2 N–H and O–H groups in total. The summed E-state index contributed by atoms with van der Waals surface area (Å²) in [6.07, 6.45) is 5.23. The summed E-state index contributed by atoms with van der Waals surface area (Å²) in [5, 5.41) is -0.678. The molecule has 0 bridgehead atoms. The highest BCUT2D eigenvalue weighted by molar-refractivity contribution is 7.99. The van der Waals surface area contributed by atoms with Gasteiger partial charge in [0, 0.05) is 16.5 Å². The van der Waals surface area contributed by atoms with Gasteiger partial charge in [0.25, 0.3) is 0 Å². The zero-order chi connectivity index (χ0) is 19.0. The molecule has 142 valence electrons. The number of fused-ring (bicyclic) bond motifs is 1. The van der Waals surface area contributed by atoms with Crippen molar-refractivity contribution >= 4 is 23.4 Å². The van der Waals surface area contributed by atoms with Gasteiger partial charge < -0.3 is 10.6 Å². The van der Waals surface area contributed by atoms with Crippen LogP contribution in [0.3, 0.4) is 0 Å². The van der Waals surface area contributed by atoms with E-state index in [1.807, 2.05) is 29.2 Å². The van der Waals surface area contributed by atoms with Crippen LogP contribution in [-0.4, -0.2) is 18.0 Å². The molecule has 2 aliphatic rings. The first kappa shape index (κ1) is 18.4. The first-order valence-corrected chi connectivity index (χ1v) is 10.2. The van der Waals surface area contributed by atoms with Crippen LogP contribution >= 0.6 is 11.8 Å². The van der Waals surface area contributed by atoms with E-state index in [4.69, 9.17) is 5.73 Å². The molecule has 1 aliphatic carbocycles. The van der Waals surface area contributed by atoms with Gasteiger partial charge in [-0.15, -0.1) is 11.8 Å². The van der Waals surface area contributed by atoms with Crippen LogP contribution in [0.4, 0.5) is 14.5 Å². The van der Waals surface area contributed by atoms with Crippen molar-refractivity contribution in [3.63, 3.8) is 0 Å². The second-order valence-corrected chi connectivity index (χ2v) is 8.38. The van der Waals surface area contributed by atoms with E-state index < -0.39 is 22.9 Å². The second kappa shape index (κ2) is 7.60. The zero-order valence-electron chi connectivity index (χ0n) is 14.9. The molecule has 0 radical (unpaired) electrons. The lowest BCUT2D eigenvalue weighted by Gasteiger charge is -2.35. The maximum atomic E-state index is 14.5. The molecule has 2 aromatic rings. The summed E-state index contributed by atoms with van der Waals surface area (Å²) in [4.78, 5) is 16.1. The molecule has 1 aliphatic heterocycles. The predicted molar refractivity (Wildman–Crippen MR) is 104 cm³/mol. The third-order valence-electron chi connectivity index (χ3n) is 5.43. The standard InChI is InChI=1S/C21H22F2N2OS/c22-13-10-11-16(23)15(12-13)20-19(24)21(26)25(14-6-2-1-3-7-14)17-8-4-5-9-18(17)27-20/h4-5,8-12,14,19-20H,1-3,6-7,24H2/t19-,20-/m0/s1. The summed E-state index contributed by atoms with van der Waals surface area (Å²) < 4.78 is 28.2. The molecule has 1 fully saturated rings. The fourth-order valence-electron chi connectivity index (χ4n) is 4.08. The Hall–Kier alpha value is -1.92. The molecule has 0 aromatic heterocycles. The lowest BCUT2D eigenvalue weighted by atomic mass is 9.92. The van der Waals surface area contributed by atoms with E-state index in [-0.39, 0.29) is 17.5 Å². The van der Waals surface area contributed by atoms with Crippen LogP contribution in [0.15, 0.2) is 47.4 Å². The Morgan fingerprint density at radius 1 is 1.04 bits per heavy atom. The van der Waals surface area contributed by atoms with E-state index in [1.54, 1.807) is 0 Å². The Bertz CT molecular complexity index is 854. The molecular formula is C21H22F2N2OS. The fourth-order valence-corrected chi connectivity index (χ4v) is 5.37. The Morgan fingerprint density at radius 2 is 1.78 bits per heavy atom. The minimum absolute atomic E-state index is 0.107. The smallest absolute Gasteiger partial charge is 0.245 e. The SMILES string of the molecule is N[C@@H]1C(=O)N(C2CCCCC2)c2ccccc2S[C@H]1c1cc(F)ccc1F. The summed E-state index contributed by atoms with van der Waals surface area (Å²) in [6.45, 7) is 0. The van der Waals surface area contributed by atoms with Crippen molar-refractivity contribution in [3.8, 4) is 0 Å². The highest BCUT2D eigenvalue weighted by Crippen LogP contribution is 2.47. The van der Waals surface area contributed by atoms with E-state index in [2.05, 4.69) is 0 Å². The molecule has 0 spiro atoms. The van der Waals surface area contributed by atoms with Crippen molar-refractivity contribution in [2.24, 2.45) is 5.73 Å². The first-order chi connectivity index (χ1) is 13.1. The van der Waals surface area contributed by atoms with E-state index in [9.17, 15) is 13.6 Å². The van der Waals surface area contributed by atoms with Gasteiger partial charge in [-0.2, -0.15) is 0 Å². The van der Waals surface area contributed by atoms with Gasteiger partial charge in [0.15, 0.2) is 0 Å². The second-order valence-electron chi connectivity index (χ2n) is 7.20. The van der Waals surface area contributed by atoms with Crippen molar-refractivity contribution in [1.29, 1.82) is 0 Å². The zero-order valence-corrected chi connectivity index (χ0v) is 15.7. The molecule has 6 heteroatoms. The van der Waals surface area contributed by atoms with Gasteiger partial charge in [0.2, 0.25) is 5.91 Å². The van der Waals surface area contributed by atoms with Gasteiger partial charge in [0.1, 0.15) is 17.7 Å². The van der Waals surface area contributed by atoms with Crippen LogP contribution in [0.1, 0.15) is 42.9 Å². The molecule has 1 saturated carbocycles. The van der Waals surface area contributed by atoms with Crippen molar-refractivity contribution in [2.45, 2.75) is 54.3 Å². The number of hydrogen-bond acceptors (Lipinski definition) is 3. The first-order valence-electron chi connectivity index (χ1n) is 9.35. The van der Waals surface area contributed by atoms with Crippen LogP contribution in [0.2, 0.25) is 0 Å². The van der Waals surface area contributed by atoms with E-state index in [1.165, 1.54) is 18.2 Å². The highest BCUT2D eigenvalue weighted by atomic mass is 32.2. The van der Waals surface area contributed by atoms with Crippen LogP contribution in [0.25, 0.3) is 0 Å². The molecule has 3 nitrogen and oxygen atoms in total. The molecule has 2 aromatic carbocycles. The highest BCUT2D eigenvalue weighted by Gasteiger charge is 2.40. The summed E-state index contributed by atoms with van der Waals surface area (Å²) in [5.74, 6) is -1.29. The van der Waals surface area contributed by atoms with Gasteiger partial charge >= 0.3 is 0 Å². The normalized spacial score (nSPS) is 23.8. The van der Waals surface area contributed by atoms with Crippen LogP contribution < -0.4 is 10.6 Å². The van der Waals surface area contributed by atoms with Crippen LogP contribution in [0, 0.1) is 11.6 Å². The summed E-state index contributed by atoms with van der Waals surface area (Å²) >= 11 is 1.34. The number of carbonyl (C=O) groups excluding carboxylic acids is 1. The van der Waals surface area contributed by atoms with Gasteiger partial charge in [-0.1, -0.05) is 31.4 Å². The van der Waals surface area contributed by atoms with Crippen LogP contribution in [0.5, 0.6) is 0 Å². The number of halogens is 2. The van der Waals surface area contributed by atoms with Crippen LogP contribution in [-0.2, 0) is 4.79 Å². The van der Waals surface area contributed by atoms with E-state index in [0.29, 0.717) is 0 Å². The molecular weight excluding hydrogens is 366 g/mol. The number of rotatable bonds is 2. The third kappa shape index (κ3) is 3.48. The minimum Gasteiger partial charge on any atom is -0.319 e. The van der Waals surface area contributed by atoms with Gasteiger partial charge in [-0.05, 0) is 43.2 Å². The van der Waals surface area contributed by atoms with Gasteiger partial charge in [-0.3, -0.25) is 4.79 Å². The maximum Gasteiger partial charge on any atom is 0.245 e. The maximum absolute atomic E-state index is 14.5. The Balaban J connectivity index is 1.79. The predicted octanol–water partition coefficient (Wildman–Crippen LogP) is 4.80. The number of para-hydroxylation sites is 1. The van der Waals surface area contributed by atoms with Gasteiger partial charge in [-0.25, -0.2) is 8.78 Å². The lowest BCUT2D eigenvalue weighted by molar-refractivity contribution is -0.120. The topological polar surface area (TPSA) is 46.3 Å². The molecule has 0 saturated heterocycles. The number of thioether (sulfide) groups is 1. The Labute approximate surface area is 161 Å². The monoisotopic (exact) mass is 388 g/mol. The van der Waals surface area contributed by atoms with Crippen molar-refractivity contribution in [2.75, 3.05) is 4.90 Å². The third-order valence-corrected chi connectivity index (χ3v) is 6.83. The number of benzene rings is 2. The molecule has 1 heterocycles. The minimum atomic E-state index is -0.944. The van der Waals surface area contributed by atoms with Crippen molar-refractivity contribution in [3.05, 3.63) is 59.7 Å². The van der Waals surface area contributed by atoms with Gasteiger partial charge in [0.05, 0.1) is 10.9 Å². The fraction of sp³-hybridized carbons (Fsp3) is 0.381. The van der Waals surface area contributed by atoms with E-state index >= 15 is 0 Å². The molecule has 4 rings (SSSR count). The number of nitrogens with two attached hydrogens (primary N) is 1. The molecule has 27 heavy (non-hydrogen) atoms. The average Bonchev–Trinajstić information content (AvgIpc) is 2.79. The molecule has 0 unspecified atom stereocenters. The summed E-state index contributed by atoms with van der Waals surface area (Å²) in [7, 11) is 0. The number of amides is 1. The lowest BCUT2D eigenvalue weighted by Crippen LogP contribution is -2.50. The Kier molecular flexibility index (Phi) is 5.19.